The SMILES string of the molecule is CCCC(=O)OCCNC(=O)O[C@H]1COC2C1OC[C@@H]2OC(=O)NCCOC(=O)CCSC(C)(C)CC(C)(C)SC. The van der Waals surface area contributed by atoms with E-state index >= 15 is 0 Å². The van der Waals surface area contributed by atoms with Gasteiger partial charge in [0.2, 0.25) is 0 Å². The molecule has 0 aromatic heterocycles. The standard InChI is InChI=1S/C27H46N2O10S2/c1-7-8-20(30)34-12-10-28-24(32)38-18-15-36-23-19(16-37-22(18)23)39-25(33)29-11-13-35-21(31)9-14-41-27(4,5)17-26(2,3)40-6/h18-19,22-23H,7-17H2,1-6H3,(H,28,32)(H,29,33)/t18-,19-,22?,23?/m0/s1. The molecule has 0 aromatic carbocycles. The molecule has 14 heteroatoms. The summed E-state index contributed by atoms with van der Waals surface area (Å²) in [4.78, 5) is 47.7. The van der Waals surface area contributed by atoms with E-state index in [4.69, 9.17) is 28.4 Å². The maximum absolute atomic E-state index is 12.2. The Bertz CT molecular complexity index is 873. The van der Waals surface area contributed by atoms with Gasteiger partial charge in [-0.15, -0.1) is 0 Å². The van der Waals surface area contributed by atoms with E-state index in [1.807, 2.05) is 18.7 Å². The molecule has 0 radical (unpaired) electrons. The Labute approximate surface area is 251 Å². The third kappa shape index (κ3) is 13.3. The van der Waals surface area contributed by atoms with Gasteiger partial charge in [0.25, 0.3) is 0 Å². The number of fused-ring (bicyclic) bond motifs is 1. The summed E-state index contributed by atoms with van der Waals surface area (Å²) < 4.78 is 32.5. The van der Waals surface area contributed by atoms with E-state index in [9.17, 15) is 19.2 Å². The van der Waals surface area contributed by atoms with Crippen molar-refractivity contribution in [2.75, 3.05) is 51.5 Å². The van der Waals surface area contributed by atoms with Gasteiger partial charge < -0.3 is 39.1 Å². The zero-order valence-electron chi connectivity index (χ0n) is 25.0. The maximum Gasteiger partial charge on any atom is 0.407 e. The van der Waals surface area contributed by atoms with E-state index in [0.29, 0.717) is 25.0 Å². The first-order valence-corrected chi connectivity index (χ1v) is 16.2. The first kappa shape index (κ1) is 35.3. The van der Waals surface area contributed by atoms with Crippen LogP contribution in [0.3, 0.4) is 0 Å². The molecule has 2 aliphatic heterocycles. The fraction of sp³-hybridized carbons (Fsp3) is 0.852. The van der Waals surface area contributed by atoms with Crippen molar-refractivity contribution in [1.29, 1.82) is 0 Å². The van der Waals surface area contributed by atoms with Crippen LogP contribution in [0.2, 0.25) is 0 Å². The van der Waals surface area contributed by atoms with Crippen LogP contribution in [0.15, 0.2) is 0 Å². The Kier molecular flexibility index (Phi) is 14.9. The number of nitrogens with one attached hydrogen (secondary N) is 2. The third-order valence-corrected chi connectivity index (χ3v) is 8.99. The summed E-state index contributed by atoms with van der Waals surface area (Å²) in [5, 5.41) is 5.07. The summed E-state index contributed by atoms with van der Waals surface area (Å²) in [5.41, 5.74) is 0. The Morgan fingerprint density at radius 3 is 1.76 bits per heavy atom. The fourth-order valence-electron chi connectivity index (χ4n) is 4.53. The lowest BCUT2D eigenvalue weighted by Gasteiger charge is -2.33. The van der Waals surface area contributed by atoms with Crippen LogP contribution < -0.4 is 10.6 Å². The van der Waals surface area contributed by atoms with Gasteiger partial charge in [0.05, 0.1) is 32.7 Å². The number of carbonyl (C=O) groups is 4. The predicted molar refractivity (Wildman–Crippen MR) is 156 cm³/mol. The normalized spacial score (nSPS) is 22.0. The van der Waals surface area contributed by atoms with E-state index in [-0.39, 0.29) is 60.9 Å². The Morgan fingerprint density at radius 1 is 0.805 bits per heavy atom. The van der Waals surface area contributed by atoms with Crippen LogP contribution in [0.1, 0.15) is 60.3 Å². The molecule has 12 nitrogen and oxygen atoms in total. The first-order chi connectivity index (χ1) is 19.4. The second-order valence-corrected chi connectivity index (χ2v) is 14.3. The lowest BCUT2D eigenvalue weighted by Crippen LogP contribution is -2.40. The molecule has 0 aliphatic carbocycles. The summed E-state index contributed by atoms with van der Waals surface area (Å²) in [5.74, 6) is 0.0314. The van der Waals surface area contributed by atoms with Crippen molar-refractivity contribution in [2.24, 2.45) is 0 Å². The van der Waals surface area contributed by atoms with Gasteiger partial charge in [-0.25, -0.2) is 9.59 Å². The number of thioether (sulfide) groups is 2. The highest BCUT2D eigenvalue weighted by Crippen LogP contribution is 2.38. The summed E-state index contributed by atoms with van der Waals surface area (Å²) >= 11 is 3.59. The molecule has 0 saturated carbocycles. The zero-order valence-corrected chi connectivity index (χ0v) is 26.6. The Morgan fingerprint density at radius 2 is 1.29 bits per heavy atom. The molecular formula is C27H46N2O10S2. The van der Waals surface area contributed by atoms with Gasteiger partial charge in [-0.05, 0) is 19.1 Å². The summed E-state index contributed by atoms with van der Waals surface area (Å²) in [6.07, 6.45) is 0.585. The van der Waals surface area contributed by atoms with Crippen LogP contribution in [0.5, 0.6) is 0 Å². The monoisotopic (exact) mass is 622 g/mol. The molecule has 4 atom stereocenters. The lowest BCUT2D eigenvalue weighted by molar-refractivity contribution is -0.144. The van der Waals surface area contributed by atoms with Crippen molar-refractivity contribution in [3.8, 4) is 0 Å². The van der Waals surface area contributed by atoms with Crippen LogP contribution in [0.25, 0.3) is 0 Å². The minimum Gasteiger partial charge on any atom is -0.464 e. The Balaban J connectivity index is 1.57. The number of alkyl carbamates (subject to hydrolysis) is 2. The number of esters is 2. The maximum atomic E-state index is 12.2. The van der Waals surface area contributed by atoms with Crippen molar-refractivity contribution >= 4 is 47.6 Å². The molecule has 0 aromatic rings. The second kappa shape index (κ2) is 17.3. The quantitative estimate of drug-likeness (QED) is 0.139. The highest BCUT2D eigenvalue weighted by Gasteiger charge is 2.51. The van der Waals surface area contributed by atoms with E-state index in [2.05, 4.69) is 44.6 Å². The minimum absolute atomic E-state index is 0.0358. The van der Waals surface area contributed by atoms with Crippen molar-refractivity contribution < 1.29 is 47.6 Å². The number of rotatable bonds is 17. The first-order valence-electron chi connectivity index (χ1n) is 14.0. The average Bonchev–Trinajstić information content (AvgIpc) is 3.47. The zero-order chi connectivity index (χ0) is 30.5. The van der Waals surface area contributed by atoms with Gasteiger partial charge in [0.15, 0.2) is 12.2 Å². The van der Waals surface area contributed by atoms with E-state index in [1.165, 1.54) is 0 Å². The number of hydrogen-bond donors (Lipinski definition) is 2. The minimum atomic E-state index is -0.688. The number of amides is 2. The largest absolute Gasteiger partial charge is 0.464 e. The molecule has 2 fully saturated rings. The van der Waals surface area contributed by atoms with Crippen molar-refractivity contribution in [1.82, 2.24) is 10.6 Å². The van der Waals surface area contributed by atoms with E-state index in [0.717, 1.165) is 6.42 Å². The van der Waals surface area contributed by atoms with Crippen LogP contribution in [-0.2, 0) is 38.0 Å². The summed E-state index contributed by atoms with van der Waals surface area (Å²) in [6, 6.07) is 0. The topological polar surface area (TPSA) is 148 Å². The Hall–Kier alpha value is -1.90. The lowest BCUT2D eigenvalue weighted by atomic mass is 9.99. The molecule has 0 spiro atoms. The highest BCUT2D eigenvalue weighted by atomic mass is 32.2. The van der Waals surface area contributed by atoms with Crippen LogP contribution in [0.4, 0.5) is 9.59 Å². The van der Waals surface area contributed by atoms with Crippen LogP contribution >= 0.6 is 23.5 Å². The average molecular weight is 623 g/mol. The second-order valence-electron chi connectivity index (χ2n) is 11.0. The van der Waals surface area contributed by atoms with Gasteiger partial charge >= 0.3 is 24.1 Å². The van der Waals surface area contributed by atoms with Gasteiger partial charge in [0.1, 0.15) is 25.4 Å². The molecule has 0 bridgehead atoms. The molecule has 2 N–H and O–H groups in total. The third-order valence-electron chi connectivity index (χ3n) is 6.41. The van der Waals surface area contributed by atoms with Crippen LogP contribution in [0, 0.1) is 0 Å². The molecule has 2 rings (SSSR count). The fourth-order valence-corrected chi connectivity index (χ4v) is 6.41. The molecule has 41 heavy (non-hydrogen) atoms. The van der Waals surface area contributed by atoms with E-state index < -0.39 is 36.6 Å². The highest BCUT2D eigenvalue weighted by molar-refractivity contribution is 8.01. The van der Waals surface area contributed by atoms with Crippen molar-refractivity contribution in [3.63, 3.8) is 0 Å². The molecule has 2 unspecified atom stereocenters. The molecule has 2 aliphatic rings. The molecule has 2 amide bonds. The number of carbonyl (C=O) groups excluding carboxylic acids is 4. The molecular weight excluding hydrogens is 576 g/mol. The molecule has 2 saturated heterocycles. The molecule has 236 valence electrons. The van der Waals surface area contributed by atoms with Gasteiger partial charge in [-0.1, -0.05) is 34.6 Å². The van der Waals surface area contributed by atoms with Gasteiger partial charge in [-0.2, -0.15) is 23.5 Å². The van der Waals surface area contributed by atoms with Crippen molar-refractivity contribution in [2.45, 2.75) is 94.2 Å². The predicted octanol–water partition coefficient (Wildman–Crippen LogP) is 3.29. The van der Waals surface area contributed by atoms with Gasteiger partial charge in [0, 0.05) is 21.7 Å². The van der Waals surface area contributed by atoms with E-state index in [1.54, 1.807) is 11.8 Å². The summed E-state index contributed by atoms with van der Waals surface area (Å²) in [6.45, 7) is 11.2. The number of ether oxygens (including phenoxy) is 6. The molecule has 2 heterocycles. The summed E-state index contributed by atoms with van der Waals surface area (Å²) in [7, 11) is 0. The number of hydrogen-bond acceptors (Lipinski definition) is 12. The van der Waals surface area contributed by atoms with Gasteiger partial charge in [-0.3, -0.25) is 9.59 Å². The van der Waals surface area contributed by atoms with Crippen molar-refractivity contribution in [3.05, 3.63) is 0 Å². The smallest absolute Gasteiger partial charge is 0.407 e. The van der Waals surface area contributed by atoms with Crippen LogP contribution in [-0.4, -0.2) is 110 Å².